The number of hydrogen-bond acceptors (Lipinski definition) is 3. The Labute approximate surface area is 138 Å². The van der Waals surface area contributed by atoms with Crippen molar-refractivity contribution in [2.24, 2.45) is 5.41 Å². The molecular formula is C19H28O2S. The highest BCUT2D eigenvalue weighted by Crippen LogP contribution is 2.46. The lowest BCUT2D eigenvalue weighted by atomic mass is 9.74. The van der Waals surface area contributed by atoms with Gasteiger partial charge in [-0.3, -0.25) is 9.59 Å². The average Bonchev–Trinajstić information content (AvgIpc) is 3.07. The summed E-state index contributed by atoms with van der Waals surface area (Å²) in [5.74, 6) is 0.234. The minimum absolute atomic E-state index is 0.113. The lowest BCUT2D eigenvalue weighted by Crippen LogP contribution is -2.33. The number of rotatable bonds is 10. The quantitative estimate of drug-likeness (QED) is 0.388. The Morgan fingerprint density at radius 3 is 1.95 bits per heavy atom. The first-order chi connectivity index (χ1) is 10.7. The molecule has 0 fully saturated rings. The van der Waals surface area contributed by atoms with Gasteiger partial charge in [-0.2, -0.15) is 0 Å². The van der Waals surface area contributed by atoms with Crippen LogP contribution in [-0.2, 0) is 0 Å². The van der Waals surface area contributed by atoms with E-state index in [4.69, 9.17) is 0 Å². The summed E-state index contributed by atoms with van der Waals surface area (Å²) in [6.07, 6.45) is 10.5. The summed E-state index contributed by atoms with van der Waals surface area (Å²) >= 11 is 1.44. The van der Waals surface area contributed by atoms with Crippen LogP contribution in [0.4, 0.5) is 0 Å². The molecule has 0 N–H and O–H groups in total. The number of carbonyl (C=O) groups excluding carboxylic acids is 2. The third kappa shape index (κ3) is 3.34. The molecule has 0 atom stereocenters. The summed E-state index contributed by atoms with van der Waals surface area (Å²) in [7, 11) is 0. The van der Waals surface area contributed by atoms with Crippen LogP contribution in [0.15, 0.2) is 11.4 Å². The normalized spacial score (nSPS) is 16.3. The molecule has 1 aromatic heterocycles. The molecule has 0 amide bonds. The van der Waals surface area contributed by atoms with Gasteiger partial charge in [0.1, 0.15) is 0 Å². The Bertz CT molecular complexity index is 471. The molecule has 2 rings (SSSR count). The van der Waals surface area contributed by atoms with Gasteiger partial charge in [0.15, 0.2) is 11.6 Å². The van der Waals surface area contributed by atoms with Crippen LogP contribution in [0, 0.1) is 5.41 Å². The van der Waals surface area contributed by atoms with Crippen LogP contribution in [-0.4, -0.2) is 11.6 Å². The molecule has 0 aromatic carbocycles. The lowest BCUT2D eigenvalue weighted by molar-refractivity contribution is 0.0657. The summed E-state index contributed by atoms with van der Waals surface area (Å²) in [5.41, 5.74) is -0.0230. The van der Waals surface area contributed by atoms with Crippen molar-refractivity contribution in [3.8, 4) is 0 Å². The number of carbonyl (C=O) groups is 2. The Hall–Kier alpha value is -0.960. The summed E-state index contributed by atoms with van der Waals surface area (Å²) < 4.78 is 0. The molecule has 1 aliphatic rings. The zero-order chi connectivity index (χ0) is 16.0. The molecule has 0 saturated carbocycles. The van der Waals surface area contributed by atoms with E-state index in [1.165, 1.54) is 37.0 Å². The van der Waals surface area contributed by atoms with Gasteiger partial charge in [0.05, 0.1) is 10.3 Å². The van der Waals surface area contributed by atoms with E-state index < -0.39 is 5.41 Å². The van der Waals surface area contributed by atoms with E-state index in [1.807, 2.05) is 11.4 Å². The van der Waals surface area contributed by atoms with Crippen molar-refractivity contribution < 1.29 is 9.59 Å². The maximum Gasteiger partial charge on any atom is 0.187 e. The molecule has 2 nitrogen and oxygen atoms in total. The van der Waals surface area contributed by atoms with E-state index in [0.29, 0.717) is 5.56 Å². The maximum atomic E-state index is 12.9. The number of hydrogen-bond donors (Lipinski definition) is 0. The van der Waals surface area contributed by atoms with Crippen molar-refractivity contribution in [2.75, 3.05) is 0 Å². The molecule has 1 aliphatic carbocycles. The second-order valence-corrected chi connectivity index (χ2v) is 7.44. The standard InChI is InChI=1S/C19H28O2S/c1-3-5-7-9-12-19(13-10-8-6-4-2)17(20)15-11-14-22-16(15)18(19)21/h11,14H,3-10,12-13H2,1-2H3. The fraction of sp³-hybridized carbons (Fsp3) is 0.684. The van der Waals surface area contributed by atoms with Gasteiger partial charge in [0.25, 0.3) is 0 Å². The highest BCUT2D eigenvalue weighted by molar-refractivity contribution is 7.13. The molecule has 3 heteroatoms. The molecule has 1 heterocycles. The molecular weight excluding hydrogens is 292 g/mol. The van der Waals surface area contributed by atoms with Crippen LogP contribution >= 0.6 is 11.3 Å². The highest BCUT2D eigenvalue weighted by atomic mass is 32.1. The number of thiophene rings is 1. The fourth-order valence-corrected chi connectivity index (χ4v) is 4.46. The predicted octanol–water partition coefficient (Wildman–Crippen LogP) is 6.05. The monoisotopic (exact) mass is 320 g/mol. The van der Waals surface area contributed by atoms with Gasteiger partial charge in [0, 0.05) is 5.56 Å². The lowest BCUT2D eigenvalue weighted by Gasteiger charge is -2.26. The minimum atomic E-state index is -0.718. The van der Waals surface area contributed by atoms with Crippen LogP contribution in [0.25, 0.3) is 0 Å². The Balaban J connectivity index is 2.10. The summed E-state index contributed by atoms with van der Waals surface area (Å²) in [6, 6.07) is 1.85. The molecule has 0 unspecified atom stereocenters. The van der Waals surface area contributed by atoms with E-state index in [-0.39, 0.29) is 11.6 Å². The van der Waals surface area contributed by atoms with Crippen molar-refractivity contribution >= 4 is 22.9 Å². The van der Waals surface area contributed by atoms with Crippen LogP contribution in [0.2, 0.25) is 0 Å². The van der Waals surface area contributed by atoms with Crippen molar-refractivity contribution in [3.63, 3.8) is 0 Å². The molecule has 22 heavy (non-hydrogen) atoms. The Morgan fingerprint density at radius 2 is 1.45 bits per heavy atom. The van der Waals surface area contributed by atoms with Crippen LogP contribution in [0.5, 0.6) is 0 Å². The van der Waals surface area contributed by atoms with Crippen molar-refractivity contribution in [3.05, 3.63) is 21.9 Å². The smallest absolute Gasteiger partial charge is 0.187 e. The second kappa shape index (κ2) is 8.05. The van der Waals surface area contributed by atoms with Crippen LogP contribution < -0.4 is 0 Å². The van der Waals surface area contributed by atoms with Gasteiger partial charge in [-0.25, -0.2) is 0 Å². The van der Waals surface area contributed by atoms with E-state index in [9.17, 15) is 9.59 Å². The zero-order valence-corrected chi connectivity index (χ0v) is 14.8. The van der Waals surface area contributed by atoms with Crippen LogP contribution in [0.3, 0.4) is 0 Å². The topological polar surface area (TPSA) is 34.1 Å². The summed E-state index contributed by atoms with van der Waals surface area (Å²) in [4.78, 5) is 26.5. The average molecular weight is 320 g/mol. The largest absolute Gasteiger partial charge is 0.293 e. The van der Waals surface area contributed by atoms with Crippen molar-refractivity contribution in [1.29, 1.82) is 0 Å². The second-order valence-electron chi connectivity index (χ2n) is 6.53. The first-order valence-corrected chi connectivity index (χ1v) is 9.72. The van der Waals surface area contributed by atoms with Crippen molar-refractivity contribution in [2.45, 2.75) is 78.1 Å². The van der Waals surface area contributed by atoms with Crippen molar-refractivity contribution in [1.82, 2.24) is 0 Å². The van der Waals surface area contributed by atoms with Gasteiger partial charge < -0.3 is 0 Å². The predicted molar refractivity (Wildman–Crippen MR) is 92.9 cm³/mol. The van der Waals surface area contributed by atoms with Gasteiger partial charge in [-0.05, 0) is 24.3 Å². The number of fused-ring (bicyclic) bond motifs is 1. The highest BCUT2D eigenvalue weighted by Gasteiger charge is 2.52. The molecule has 0 radical (unpaired) electrons. The maximum absolute atomic E-state index is 12.9. The summed E-state index contributed by atoms with van der Waals surface area (Å²) in [5, 5.41) is 1.87. The van der Waals surface area contributed by atoms with Gasteiger partial charge in [-0.1, -0.05) is 65.2 Å². The Morgan fingerprint density at radius 1 is 0.864 bits per heavy atom. The van der Waals surface area contributed by atoms with Gasteiger partial charge in [-0.15, -0.1) is 11.3 Å². The molecule has 0 bridgehead atoms. The third-order valence-corrected chi connectivity index (χ3v) is 5.81. The number of Topliss-reactive ketones (excluding diaryl/α,β-unsaturated/α-hetero) is 2. The molecule has 0 spiro atoms. The van der Waals surface area contributed by atoms with Gasteiger partial charge in [0.2, 0.25) is 0 Å². The molecule has 0 aliphatic heterocycles. The Kier molecular flexibility index (Phi) is 6.37. The van der Waals surface area contributed by atoms with E-state index >= 15 is 0 Å². The zero-order valence-electron chi connectivity index (χ0n) is 14.0. The van der Waals surface area contributed by atoms with Gasteiger partial charge >= 0.3 is 0 Å². The first-order valence-electron chi connectivity index (χ1n) is 8.84. The van der Waals surface area contributed by atoms with Crippen LogP contribution in [0.1, 0.15) is 98.1 Å². The third-order valence-electron chi connectivity index (χ3n) is 4.90. The molecule has 1 aromatic rings. The fourth-order valence-electron chi connectivity index (χ4n) is 3.53. The minimum Gasteiger partial charge on any atom is -0.293 e. The van der Waals surface area contributed by atoms with E-state index in [2.05, 4.69) is 13.8 Å². The molecule has 0 saturated heterocycles. The first kappa shape index (κ1) is 17.4. The summed E-state index contributed by atoms with van der Waals surface area (Å²) in [6.45, 7) is 4.37. The van der Waals surface area contributed by atoms with E-state index in [0.717, 1.165) is 43.4 Å². The molecule has 122 valence electrons. The number of ketones is 2. The number of unbranched alkanes of at least 4 members (excludes halogenated alkanes) is 6. The SMILES string of the molecule is CCCCCCC1(CCCCCC)C(=O)c2ccsc2C1=O. The van der Waals surface area contributed by atoms with E-state index in [1.54, 1.807) is 0 Å².